The molecule has 0 heterocycles. The Morgan fingerprint density at radius 2 is 1.70 bits per heavy atom. The molecule has 0 radical (unpaired) electrons. The minimum atomic E-state index is -1.40. The zero-order chi connectivity index (χ0) is 18.0. The van der Waals surface area contributed by atoms with Gasteiger partial charge in [-0.3, -0.25) is 9.59 Å². The summed E-state index contributed by atoms with van der Waals surface area (Å²) in [6, 6.07) is -3.02. The van der Waals surface area contributed by atoms with Gasteiger partial charge in [0.05, 0.1) is 12.6 Å². The summed E-state index contributed by atoms with van der Waals surface area (Å²) in [6.45, 7) is 3.03. The smallest absolute Gasteiger partial charge is 0.328 e. The van der Waals surface area contributed by atoms with E-state index in [0.717, 1.165) is 5.75 Å². The maximum atomic E-state index is 12.2. The van der Waals surface area contributed by atoms with Gasteiger partial charge in [-0.25, -0.2) is 4.79 Å². The molecule has 0 rings (SSSR count). The fraction of sp³-hybridized carbons (Fsp3) is 0.786. The third kappa shape index (κ3) is 8.77. The van der Waals surface area contributed by atoms with Crippen molar-refractivity contribution in [2.75, 3.05) is 18.6 Å². The highest BCUT2D eigenvalue weighted by Crippen LogP contribution is 2.07. The number of nitrogens with one attached hydrogen (secondary N) is 2. The van der Waals surface area contributed by atoms with E-state index in [1.165, 1.54) is 0 Å². The Kier molecular flexibility index (Phi) is 10.6. The normalized spacial score (nSPS) is 14.9. The molecule has 0 spiro atoms. The average Bonchev–Trinajstić information content (AvgIpc) is 2.48. The van der Waals surface area contributed by atoms with Crippen LogP contribution in [0.15, 0.2) is 0 Å². The Labute approximate surface area is 140 Å². The van der Waals surface area contributed by atoms with E-state index in [4.69, 9.17) is 15.9 Å². The van der Waals surface area contributed by atoms with Crippen LogP contribution < -0.4 is 16.4 Å². The molecule has 8 nitrogen and oxygen atoms in total. The third-order valence-electron chi connectivity index (χ3n) is 3.11. The van der Waals surface area contributed by atoms with Crippen LogP contribution in [0.5, 0.6) is 0 Å². The number of aliphatic hydroxyl groups is 1. The number of carboxylic acid groups (broad SMARTS) is 1. The van der Waals surface area contributed by atoms with Crippen LogP contribution in [0.4, 0.5) is 0 Å². The summed E-state index contributed by atoms with van der Waals surface area (Å²) in [6.07, 6.45) is 2.72. The second kappa shape index (κ2) is 11.3. The van der Waals surface area contributed by atoms with Crippen molar-refractivity contribution in [3.05, 3.63) is 0 Å². The van der Waals surface area contributed by atoms with Crippen LogP contribution in [0.3, 0.4) is 0 Å². The summed E-state index contributed by atoms with van der Waals surface area (Å²) in [7, 11) is 0. The number of amides is 2. The molecule has 0 aliphatic rings. The van der Waals surface area contributed by atoms with E-state index < -0.39 is 42.5 Å². The van der Waals surface area contributed by atoms with Crippen LogP contribution in [0.1, 0.15) is 26.7 Å². The number of thioether (sulfide) groups is 1. The Hall–Kier alpha value is -1.32. The topological polar surface area (TPSA) is 142 Å². The molecule has 0 saturated carbocycles. The molecule has 0 aromatic carbocycles. The van der Waals surface area contributed by atoms with E-state index in [-0.39, 0.29) is 5.92 Å². The van der Waals surface area contributed by atoms with Crippen molar-refractivity contribution in [3.63, 3.8) is 0 Å². The lowest BCUT2D eigenvalue weighted by atomic mass is 10.0. The quantitative estimate of drug-likeness (QED) is 0.327. The van der Waals surface area contributed by atoms with Crippen molar-refractivity contribution in [1.82, 2.24) is 10.6 Å². The summed E-state index contributed by atoms with van der Waals surface area (Å²) in [5.74, 6) is -1.61. The van der Waals surface area contributed by atoms with Crippen LogP contribution in [0.25, 0.3) is 0 Å². The molecule has 23 heavy (non-hydrogen) atoms. The highest BCUT2D eigenvalue weighted by molar-refractivity contribution is 7.98. The lowest BCUT2D eigenvalue weighted by Crippen LogP contribution is -2.55. The number of carbonyl (C=O) groups is 3. The first-order valence-electron chi connectivity index (χ1n) is 7.41. The first-order chi connectivity index (χ1) is 10.7. The standard InChI is InChI=1S/C14H27N3O5S/c1-8(2)6-10(13(20)17-11(7-18)14(21)22)16-12(19)9(15)4-5-23-3/h8-11,18H,4-7,15H2,1-3H3,(H,16,19)(H,17,20)(H,21,22)/t9-,10-,11-/m0/s1. The van der Waals surface area contributed by atoms with E-state index in [1.807, 2.05) is 20.1 Å². The van der Waals surface area contributed by atoms with Gasteiger partial charge in [0.2, 0.25) is 11.8 Å². The van der Waals surface area contributed by atoms with Gasteiger partial charge in [-0.1, -0.05) is 13.8 Å². The first kappa shape index (κ1) is 21.7. The lowest BCUT2D eigenvalue weighted by molar-refractivity contribution is -0.143. The van der Waals surface area contributed by atoms with Crippen molar-refractivity contribution in [1.29, 1.82) is 0 Å². The minimum absolute atomic E-state index is 0.103. The van der Waals surface area contributed by atoms with Gasteiger partial charge in [-0.15, -0.1) is 0 Å². The summed E-state index contributed by atoms with van der Waals surface area (Å²) >= 11 is 1.57. The number of hydrogen-bond donors (Lipinski definition) is 5. The molecule has 0 aromatic rings. The number of carboxylic acids is 1. The molecule has 0 aromatic heterocycles. The van der Waals surface area contributed by atoms with Crippen molar-refractivity contribution in [3.8, 4) is 0 Å². The molecule has 2 amide bonds. The molecule has 0 unspecified atom stereocenters. The predicted octanol–water partition coefficient (Wildman–Crippen LogP) is -0.841. The highest BCUT2D eigenvalue weighted by Gasteiger charge is 2.28. The van der Waals surface area contributed by atoms with Crippen molar-refractivity contribution < 1.29 is 24.6 Å². The second-order valence-corrected chi connectivity index (χ2v) is 6.65. The Morgan fingerprint density at radius 1 is 1.13 bits per heavy atom. The largest absolute Gasteiger partial charge is 0.480 e. The van der Waals surface area contributed by atoms with E-state index in [0.29, 0.717) is 12.8 Å². The van der Waals surface area contributed by atoms with Crippen molar-refractivity contribution in [2.24, 2.45) is 11.7 Å². The molecular formula is C14H27N3O5S. The number of nitrogens with two attached hydrogens (primary N) is 1. The first-order valence-corrected chi connectivity index (χ1v) is 8.81. The van der Waals surface area contributed by atoms with Crippen LogP contribution in [-0.4, -0.2) is 64.7 Å². The number of aliphatic hydroxyl groups excluding tert-OH is 1. The fourth-order valence-electron chi connectivity index (χ4n) is 1.82. The van der Waals surface area contributed by atoms with Gasteiger partial charge >= 0.3 is 5.97 Å². The maximum absolute atomic E-state index is 12.2. The lowest BCUT2D eigenvalue weighted by Gasteiger charge is -2.23. The Balaban J connectivity index is 4.82. The molecule has 9 heteroatoms. The fourth-order valence-corrected chi connectivity index (χ4v) is 2.31. The molecule has 0 fully saturated rings. The maximum Gasteiger partial charge on any atom is 0.328 e. The van der Waals surface area contributed by atoms with Crippen LogP contribution in [0.2, 0.25) is 0 Å². The average molecular weight is 349 g/mol. The molecule has 134 valence electrons. The van der Waals surface area contributed by atoms with E-state index in [9.17, 15) is 14.4 Å². The van der Waals surface area contributed by atoms with E-state index in [2.05, 4.69) is 10.6 Å². The van der Waals surface area contributed by atoms with Crippen molar-refractivity contribution >= 4 is 29.5 Å². The van der Waals surface area contributed by atoms with Crippen molar-refractivity contribution in [2.45, 2.75) is 44.8 Å². The Morgan fingerprint density at radius 3 is 2.13 bits per heavy atom. The number of rotatable bonds is 11. The van der Waals surface area contributed by atoms with Gasteiger partial charge in [0.25, 0.3) is 0 Å². The summed E-state index contributed by atoms with van der Waals surface area (Å²) in [5, 5.41) is 22.6. The third-order valence-corrected chi connectivity index (χ3v) is 3.75. The SMILES string of the molecule is CSCC[C@H](N)C(=O)N[C@@H](CC(C)C)C(=O)N[C@@H](CO)C(=O)O. The predicted molar refractivity (Wildman–Crippen MR) is 89.0 cm³/mol. The van der Waals surface area contributed by atoms with Gasteiger partial charge < -0.3 is 26.6 Å². The minimum Gasteiger partial charge on any atom is -0.480 e. The van der Waals surface area contributed by atoms with Gasteiger partial charge in [0.15, 0.2) is 0 Å². The van der Waals surface area contributed by atoms with Gasteiger partial charge in [-0.05, 0) is 30.8 Å². The molecule has 6 N–H and O–H groups in total. The van der Waals surface area contributed by atoms with Crippen LogP contribution in [-0.2, 0) is 14.4 Å². The molecule has 0 saturated heterocycles. The molecule has 0 aliphatic heterocycles. The van der Waals surface area contributed by atoms with Gasteiger partial charge in [-0.2, -0.15) is 11.8 Å². The molecule has 0 aliphatic carbocycles. The monoisotopic (exact) mass is 349 g/mol. The Bertz CT molecular complexity index is 406. The zero-order valence-corrected chi connectivity index (χ0v) is 14.6. The number of carbonyl (C=O) groups excluding carboxylic acids is 2. The second-order valence-electron chi connectivity index (χ2n) is 5.66. The summed E-state index contributed by atoms with van der Waals surface area (Å²) < 4.78 is 0. The van der Waals surface area contributed by atoms with Crippen LogP contribution in [0, 0.1) is 5.92 Å². The molecule has 3 atom stereocenters. The van der Waals surface area contributed by atoms with Crippen LogP contribution >= 0.6 is 11.8 Å². The molecular weight excluding hydrogens is 322 g/mol. The van der Waals surface area contributed by atoms with E-state index >= 15 is 0 Å². The summed E-state index contributed by atoms with van der Waals surface area (Å²) in [4.78, 5) is 35.1. The summed E-state index contributed by atoms with van der Waals surface area (Å²) in [5.41, 5.74) is 5.77. The van der Waals surface area contributed by atoms with Gasteiger partial charge in [0.1, 0.15) is 12.1 Å². The van der Waals surface area contributed by atoms with Gasteiger partial charge in [0, 0.05) is 0 Å². The zero-order valence-electron chi connectivity index (χ0n) is 13.7. The highest BCUT2D eigenvalue weighted by atomic mass is 32.2. The van der Waals surface area contributed by atoms with E-state index in [1.54, 1.807) is 11.8 Å². The number of hydrogen-bond acceptors (Lipinski definition) is 6. The molecule has 0 bridgehead atoms. The number of aliphatic carboxylic acids is 1.